The van der Waals surface area contributed by atoms with Crippen LogP contribution in [0.3, 0.4) is 0 Å². The first kappa shape index (κ1) is 27.1. The molecule has 0 heterocycles. The molecule has 1 atom stereocenters. The van der Waals surface area contributed by atoms with Crippen molar-refractivity contribution in [3.8, 4) is 5.75 Å². The average Bonchev–Trinajstić information content (AvgIpc) is 2.82. The highest BCUT2D eigenvalue weighted by Crippen LogP contribution is 2.32. The molecule has 3 rings (SSSR count). The molecule has 0 amide bonds. The SMILES string of the molecule is CCN(Cc1ccc(OC(C(=O)O)c2cccc(C(F)(F)F)c2)cc1)S(=O)(=O)c1ccc(F)c(F)c1. The quantitative estimate of drug-likeness (QED) is 0.376. The monoisotopic (exact) mass is 529 g/mol. The van der Waals surface area contributed by atoms with E-state index in [1.165, 1.54) is 30.3 Å². The number of ether oxygens (including phenoxy) is 1. The van der Waals surface area contributed by atoms with Crippen LogP contribution in [0.15, 0.2) is 71.6 Å². The van der Waals surface area contributed by atoms with Crippen molar-refractivity contribution in [1.82, 2.24) is 4.31 Å². The molecule has 0 saturated carbocycles. The molecule has 0 aliphatic rings. The molecule has 36 heavy (non-hydrogen) atoms. The number of nitrogens with zero attached hydrogens (tertiary/aromatic N) is 1. The Labute approximate surface area is 203 Å². The van der Waals surface area contributed by atoms with Crippen molar-refractivity contribution in [2.24, 2.45) is 0 Å². The number of hydrogen-bond acceptors (Lipinski definition) is 4. The maximum Gasteiger partial charge on any atom is 0.416 e. The van der Waals surface area contributed by atoms with E-state index >= 15 is 0 Å². The van der Waals surface area contributed by atoms with Crippen LogP contribution < -0.4 is 4.74 Å². The molecule has 192 valence electrons. The number of sulfonamides is 1. The maximum atomic E-state index is 13.5. The van der Waals surface area contributed by atoms with Gasteiger partial charge < -0.3 is 9.84 Å². The van der Waals surface area contributed by atoms with Gasteiger partial charge in [-0.1, -0.05) is 31.2 Å². The molecule has 1 unspecified atom stereocenters. The Morgan fingerprint density at radius 3 is 2.22 bits per heavy atom. The molecule has 3 aromatic rings. The molecule has 0 fully saturated rings. The summed E-state index contributed by atoms with van der Waals surface area (Å²) in [6.07, 6.45) is -6.38. The van der Waals surface area contributed by atoms with Crippen LogP contribution in [0.5, 0.6) is 5.75 Å². The van der Waals surface area contributed by atoms with Gasteiger partial charge in [0.25, 0.3) is 0 Å². The number of carboxylic acid groups (broad SMARTS) is 1. The zero-order chi connectivity index (χ0) is 26.7. The van der Waals surface area contributed by atoms with Crippen molar-refractivity contribution in [2.75, 3.05) is 6.54 Å². The fourth-order valence-corrected chi connectivity index (χ4v) is 4.75. The predicted molar refractivity (Wildman–Crippen MR) is 119 cm³/mol. The highest BCUT2D eigenvalue weighted by atomic mass is 32.2. The molecule has 12 heteroatoms. The molecule has 6 nitrogen and oxygen atoms in total. The Balaban J connectivity index is 1.79. The second kappa shape index (κ2) is 10.6. The van der Waals surface area contributed by atoms with E-state index in [2.05, 4.69) is 0 Å². The Hall–Kier alpha value is -3.51. The maximum absolute atomic E-state index is 13.5. The number of halogens is 5. The van der Waals surface area contributed by atoms with E-state index in [1.807, 2.05) is 0 Å². The molecule has 3 aromatic carbocycles. The first-order valence-electron chi connectivity index (χ1n) is 10.4. The molecule has 0 spiro atoms. The fourth-order valence-electron chi connectivity index (χ4n) is 3.31. The minimum Gasteiger partial charge on any atom is -0.478 e. The standard InChI is InChI=1S/C24H20F5NO5S/c1-2-30(36(33,34)19-10-11-20(25)21(26)13-19)14-15-6-8-18(9-7-15)35-22(23(31)32)16-4-3-5-17(12-16)24(27,28)29/h3-13,22H,2,14H2,1H3,(H,31,32). The lowest BCUT2D eigenvalue weighted by Crippen LogP contribution is -2.30. The molecule has 0 aromatic heterocycles. The Morgan fingerprint density at radius 1 is 1.00 bits per heavy atom. The molecular formula is C24H20F5NO5S. The van der Waals surface area contributed by atoms with Crippen molar-refractivity contribution in [3.05, 3.63) is 95.1 Å². The van der Waals surface area contributed by atoms with Crippen molar-refractivity contribution in [3.63, 3.8) is 0 Å². The van der Waals surface area contributed by atoms with Gasteiger partial charge in [-0.15, -0.1) is 0 Å². The van der Waals surface area contributed by atoms with E-state index in [9.17, 15) is 40.3 Å². The van der Waals surface area contributed by atoms with E-state index in [-0.39, 0.29) is 24.4 Å². The summed E-state index contributed by atoms with van der Waals surface area (Å²) in [5.41, 5.74) is -0.774. The lowest BCUT2D eigenvalue weighted by atomic mass is 10.1. The van der Waals surface area contributed by atoms with Gasteiger partial charge in [0.1, 0.15) is 5.75 Å². The van der Waals surface area contributed by atoms with Gasteiger partial charge in [-0.2, -0.15) is 17.5 Å². The summed E-state index contributed by atoms with van der Waals surface area (Å²) in [6, 6.07) is 11.6. The highest BCUT2D eigenvalue weighted by Gasteiger charge is 2.32. The van der Waals surface area contributed by atoms with Crippen LogP contribution in [0.1, 0.15) is 29.7 Å². The zero-order valence-corrected chi connectivity index (χ0v) is 19.5. The summed E-state index contributed by atoms with van der Waals surface area (Å²) in [7, 11) is -4.16. The molecule has 1 N–H and O–H groups in total. The van der Waals surface area contributed by atoms with Gasteiger partial charge in [0.05, 0.1) is 10.5 Å². The van der Waals surface area contributed by atoms with Crippen molar-refractivity contribution in [1.29, 1.82) is 0 Å². The second-order valence-electron chi connectivity index (χ2n) is 7.61. The van der Waals surface area contributed by atoms with Crippen LogP contribution in [0.25, 0.3) is 0 Å². The molecule has 0 bridgehead atoms. The van der Waals surface area contributed by atoms with E-state index in [0.717, 1.165) is 22.5 Å². The van der Waals surface area contributed by atoms with Crippen molar-refractivity contribution < 1.29 is 45.0 Å². The molecule has 0 aliphatic carbocycles. The van der Waals surface area contributed by atoms with Crippen LogP contribution in [0.2, 0.25) is 0 Å². The van der Waals surface area contributed by atoms with Gasteiger partial charge in [0, 0.05) is 18.7 Å². The Kier molecular flexibility index (Phi) is 7.99. The first-order chi connectivity index (χ1) is 16.8. The van der Waals surface area contributed by atoms with Crippen LogP contribution >= 0.6 is 0 Å². The number of hydrogen-bond donors (Lipinski definition) is 1. The number of benzene rings is 3. The van der Waals surface area contributed by atoms with Gasteiger partial charge in [0.15, 0.2) is 11.6 Å². The summed E-state index contributed by atoms with van der Waals surface area (Å²) >= 11 is 0. The molecule has 0 saturated heterocycles. The van der Waals surface area contributed by atoms with Crippen LogP contribution in [-0.4, -0.2) is 30.3 Å². The third-order valence-electron chi connectivity index (χ3n) is 5.16. The predicted octanol–water partition coefficient (Wildman–Crippen LogP) is 5.40. The Morgan fingerprint density at radius 2 is 1.67 bits per heavy atom. The highest BCUT2D eigenvalue weighted by molar-refractivity contribution is 7.89. The summed E-state index contributed by atoms with van der Waals surface area (Å²) in [5, 5.41) is 9.49. The first-order valence-corrected chi connectivity index (χ1v) is 11.9. The van der Waals surface area contributed by atoms with E-state index < -0.39 is 50.4 Å². The molecule has 0 radical (unpaired) electrons. The van der Waals surface area contributed by atoms with Gasteiger partial charge >= 0.3 is 12.1 Å². The normalized spacial score (nSPS) is 13.0. The lowest BCUT2D eigenvalue weighted by molar-refractivity contribution is -0.146. The summed E-state index contributed by atoms with van der Waals surface area (Å²) < 4.78 is 97.8. The summed E-state index contributed by atoms with van der Waals surface area (Å²) in [6.45, 7) is 1.42. The lowest BCUT2D eigenvalue weighted by Gasteiger charge is -2.21. The summed E-state index contributed by atoms with van der Waals surface area (Å²) in [4.78, 5) is 11.3. The third kappa shape index (κ3) is 6.18. The smallest absolute Gasteiger partial charge is 0.416 e. The number of alkyl halides is 3. The average molecular weight is 529 g/mol. The molecular weight excluding hydrogens is 509 g/mol. The number of aliphatic carboxylic acids is 1. The van der Waals surface area contributed by atoms with Crippen LogP contribution in [-0.2, 0) is 27.5 Å². The van der Waals surface area contributed by atoms with Gasteiger partial charge in [-0.05, 0) is 48.0 Å². The molecule has 0 aliphatic heterocycles. The van der Waals surface area contributed by atoms with Crippen molar-refractivity contribution >= 4 is 16.0 Å². The van der Waals surface area contributed by atoms with Gasteiger partial charge in [0.2, 0.25) is 16.1 Å². The third-order valence-corrected chi connectivity index (χ3v) is 7.08. The second-order valence-corrected chi connectivity index (χ2v) is 9.55. The largest absolute Gasteiger partial charge is 0.478 e. The van der Waals surface area contributed by atoms with Gasteiger partial charge in [-0.25, -0.2) is 22.0 Å². The van der Waals surface area contributed by atoms with Crippen molar-refractivity contribution in [2.45, 2.75) is 30.6 Å². The number of rotatable bonds is 9. The minimum atomic E-state index is -4.66. The minimum absolute atomic E-state index is 0.0101. The van der Waals surface area contributed by atoms with Crippen LogP contribution in [0, 0.1) is 11.6 Å². The number of carbonyl (C=O) groups is 1. The topological polar surface area (TPSA) is 83.9 Å². The van der Waals surface area contributed by atoms with Gasteiger partial charge in [-0.3, -0.25) is 0 Å². The summed E-state index contributed by atoms with van der Waals surface area (Å²) in [5.74, 6) is -3.97. The van der Waals surface area contributed by atoms with E-state index in [4.69, 9.17) is 4.74 Å². The zero-order valence-electron chi connectivity index (χ0n) is 18.7. The van der Waals surface area contributed by atoms with E-state index in [1.54, 1.807) is 6.92 Å². The Bertz CT molecular complexity index is 1340. The number of carboxylic acids is 1. The van der Waals surface area contributed by atoms with E-state index in [0.29, 0.717) is 23.8 Å². The van der Waals surface area contributed by atoms with Crippen LogP contribution in [0.4, 0.5) is 22.0 Å². The fraction of sp³-hybridized carbons (Fsp3) is 0.208.